The predicted molar refractivity (Wildman–Crippen MR) is 131 cm³/mol. The Kier molecular flexibility index (Phi) is 9.04. The average Bonchev–Trinajstić information content (AvgIpc) is 3.39. The predicted octanol–water partition coefficient (Wildman–Crippen LogP) is 4.45. The number of nitrogens with zero attached hydrogens (tertiary/aromatic N) is 4. The first kappa shape index (κ1) is 25.2. The van der Waals surface area contributed by atoms with Crippen LogP contribution in [0.25, 0.3) is 22.5 Å². The molecule has 0 aliphatic heterocycles. The quantitative estimate of drug-likeness (QED) is 0.360. The van der Waals surface area contributed by atoms with E-state index < -0.39 is 12.0 Å². The van der Waals surface area contributed by atoms with Crippen LogP contribution in [0, 0.1) is 11.8 Å². The van der Waals surface area contributed by atoms with E-state index in [4.69, 9.17) is 0 Å². The van der Waals surface area contributed by atoms with Gasteiger partial charge in [-0.25, -0.2) is 0 Å². The number of benzene rings is 2. The summed E-state index contributed by atoms with van der Waals surface area (Å²) in [7, 11) is 0. The largest absolute Gasteiger partial charge is 0.480 e. The number of carboxylic acid groups (broad SMARTS) is 1. The van der Waals surface area contributed by atoms with Gasteiger partial charge in [0.05, 0.1) is 0 Å². The van der Waals surface area contributed by atoms with Crippen LogP contribution >= 0.6 is 0 Å². The van der Waals surface area contributed by atoms with Crippen molar-refractivity contribution >= 4 is 12.3 Å². The van der Waals surface area contributed by atoms with E-state index in [1.807, 2.05) is 74.2 Å². The van der Waals surface area contributed by atoms with Gasteiger partial charge in [0.1, 0.15) is 12.3 Å². The maximum Gasteiger partial charge on any atom is 0.321 e. The van der Waals surface area contributed by atoms with Gasteiger partial charge in [0.25, 0.3) is 0 Å². The van der Waals surface area contributed by atoms with E-state index in [0.717, 1.165) is 47.8 Å². The Morgan fingerprint density at radius 2 is 1.82 bits per heavy atom. The van der Waals surface area contributed by atoms with Gasteiger partial charge in [0, 0.05) is 24.6 Å². The number of aromatic nitrogens is 4. The van der Waals surface area contributed by atoms with Crippen molar-refractivity contribution in [3.63, 3.8) is 0 Å². The van der Waals surface area contributed by atoms with Crippen LogP contribution < -0.4 is 0 Å². The minimum absolute atomic E-state index is 0.0347. The molecule has 3 aromatic rings. The monoisotopic (exact) mass is 463 g/mol. The fraction of sp³-hybridized carbons (Fsp3) is 0.423. The van der Waals surface area contributed by atoms with Crippen LogP contribution in [0.2, 0.25) is 0 Å². The molecule has 1 unspecified atom stereocenters. The highest BCUT2D eigenvalue weighted by atomic mass is 16.4. The number of hydrogen-bond acceptors (Lipinski definition) is 6. The summed E-state index contributed by atoms with van der Waals surface area (Å²) in [4.78, 5) is 25.8. The van der Waals surface area contributed by atoms with Crippen LogP contribution in [0.15, 0.2) is 48.5 Å². The molecule has 2 aromatic carbocycles. The molecule has 34 heavy (non-hydrogen) atoms. The van der Waals surface area contributed by atoms with Gasteiger partial charge in [-0.2, -0.15) is 5.21 Å². The number of rotatable bonds is 13. The molecule has 2 N–H and O–H groups in total. The zero-order valence-corrected chi connectivity index (χ0v) is 20.0. The lowest BCUT2D eigenvalue weighted by Crippen LogP contribution is -2.47. The summed E-state index contributed by atoms with van der Waals surface area (Å²) in [5.41, 5.74) is 3.86. The first-order valence-electron chi connectivity index (χ1n) is 11.8. The molecule has 3 rings (SSSR count). The Balaban J connectivity index is 1.88. The average molecular weight is 464 g/mol. The number of aromatic amines is 1. The Morgan fingerprint density at radius 3 is 2.38 bits per heavy atom. The van der Waals surface area contributed by atoms with Gasteiger partial charge in [-0.05, 0) is 34.2 Å². The van der Waals surface area contributed by atoms with Gasteiger partial charge in [0.2, 0.25) is 5.82 Å². The normalized spacial score (nSPS) is 14.0. The molecule has 8 nitrogen and oxygen atoms in total. The highest BCUT2D eigenvalue weighted by molar-refractivity contribution is 5.80. The number of nitrogens with one attached hydrogen (secondary N) is 1. The maximum atomic E-state index is 12.2. The first-order chi connectivity index (χ1) is 16.5. The Labute approximate surface area is 200 Å². The number of carbonyl (C=O) groups excluding carboxylic acids is 1. The second-order valence-electron chi connectivity index (χ2n) is 8.76. The number of tetrazole rings is 1. The summed E-state index contributed by atoms with van der Waals surface area (Å²) in [5.74, 6) is -0.537. The topological polar surface area (TPSA) is 112 Å². The van der Waals surface area contributed by atoms with Crippen LogP contribution in [0.4, 0.5) is 0 Å². The van der Waals surface area contributed by atoms with Crippen molar-refractivity contribution in [3.8, 4) is 22.5 Å². The number of aldehydes is 1. The molecule has 1 heterocycles. The molecule has 0 saturated heterocycles. The SMILES string of the molecule is CCCC(C=O)CN(Cc1ccc(-c2ccccc2-c2nn[nH]n2)cc1)[C@H](C(=O)O)[C@@H](C)CC. The molecule has 0 spiro atoms. The minimum Gasteiger partial charge on any atom is -0.480 e. The fourth-order valence-electron chi connectivity index (χ4n) is 4.36. The molecular weight excluding hydrogens is 430 g/mol. The van der Waals surface area contributed by atoms with Crippen molar-refractivity contribution in [1.29, 1.82) is 0 Å². The van der Waals surface area contributed by atoms with E-state index in [2.05, 4.69) is 20.6 Å². The molecule has 1 aromatic heterocycles. The molecule has 0 fully saturated rings. The second-order valence-corrected chi connectivity index (χ2v) is 8.76. The molecule has 0 bridgehead atoms. The number of carboxylic acids is 1. The Bertz CT molecular complexity index is 1050. The number of H-pyrrole nitrogens is 1. The third-order valence-electron chi connectivity index (χ3n) is 6.31. The van der Waals surface area contributed by atoms with Crippen LogP contribution in [0.3, 0.4) is 0 Å². The zero-order valence-electron chi connectivity index (χ0n) is 20.0. The molecule has 180 valence electrons. The molecule has 0 radical (unpaired) electrons. The van der Waals surface area contributed by atoms with Crippen molar-refractivity contribution in [2.24, 2.45) is 11.8 Å². The first-order valence-corrected chi connectivity index (χ1v) is 11.8. The molecule has 0 aliphatic rings. The summed E-state index contributed by atoms with van der Waals surface area (Å²) in [5, 5.41) is 24.4. The van der Waals surface area contributed by atoms with Gasteiger partial charge in [-0.1, -0.05) is 82.1 Å². The number of carbonyl (C=O) groups is 2. The van der Waals surface area contributed by atoms with E-state index in [0.29, 0.717) is 18.9 Å². The van der Waals surface area contributed by atoms with Crippen molar-refractivity contribution in [3.05, 3.63) is 54.1 Å². The smallest absolute Gasteiger partial charge is 0.321 e. The van der Waals surface area contributed by atoms with Crippen LogP contribution in [0.1, 0.15) is 45.6 Å². The van der Waals surface area contributed by atoms with Crippen molar-refractivity contribution in [1.82, 2.24) is 25.5 Å². The lowest BCUT2D eigenvalue weighted by molar-refractivity contribution is -0.146. The van der Waals surface area contributed by atoms with Gasteiger partial charge in [-0.15, -0.1) is 10.2 Å². The van der Waals surface area contributed by atoms with E-state index in [-0.39, 0.29) is 11.8 Å². The van der Waals surface area contributed by atoms with Crippen LogP contribution in [-0.2, 0) is 16.1 Å². The molecule has 0 amide bonds. The summed E-state index contributed by atoms with van der Waals surface area (Å²) in [6.45, 7) is 6.88. The van der Waals surface area contributed by atoms with Gasteiger partial charge in [0.15, 0.2) is 0 Å². The highest BCUT2D eigenvalue weighted by Crippen LogP contribution is 2.30. The lowest BCUT2D eigenvalue weighted by Gasteiger charge is -2.34. The number of aliphatic carboxylic acids is 1. The van der Waals surface area contributed by atoms with Gasteiger partial charge >= 0.3 is 5.97 Å². The van der Waals surface area contributed by atoms with Gasteiger partial charge in [-0.3, -0.25) is 9.69 Å². The molecule has 0 saturated carbocycles. The van der Waals surface area contributed by atoms with Crippen molar-refractivity contribution in [2.45, 2.75) is 52.6 Å². The lowest BCUT2D eigenvalue weighted by atomic mass is 9.94. The second kappa shape index (κ2) is 12.2. The highest BCUT2D eigenvalue weighted by Gasteiger charge is 2.31. The van der Waals surface area contributed by atoms with Crippen LogP contribution in [0.5, 0.6) is 0 Å². The summed E-state index contributed by atoms with van der Waals surface area (Å²) in [6.07, 6.45) is 3.34. The third kappa shape index (κ3) is 6.14. The van der Waals surface area contributed by atoms with Crippen LogP contribution in [-0.4, -0.2) is 55.5 Å². The minimum atomic E-state index is -0.846. The third-order valence-corrected chi connectivity index (χ3v) is 6.31. The summed E-state index contributed by atoms with van der Waals surface area (Å²) >= 11 is 0. The van der Waals surface area contributed by atoms with Crippen molar-refractivity contribution < 1.29 is 14.7 Å². The van der Waals surface area contributed by atoms with Crippen molar-refractivity contribution in [2.75, 3.05) is 6.54 Å². The molecule has 0 aliphatic carbocycles. The molecule has 3 atom stereocenters. The molecular formula is C26H33N5O3. The summed E-state index contributed by atoms with van der Waals surface area (Å²) in [6, 6.07) is 15.3. The zero-order chi connectivity index (χ0) is 24.5. The Hall–Kier alpha value is -3.39. The van der Waals surface area contributed by atoms with E-state index in [1.54, 1.807) is 0 Å². The summed E-state index contributed by atoms with van der Waals surface area (Å²) < 4.78 is 0. The van der Waals surface area contributed by atoms with E-state index in [9.17, 15) is 14.7 Å². The Morgan fingerprint density at radius 1 is 1.12 bits per heavy atom. The fourth-order valence-corrected chi connectivity index (χ4v) is 4.36. The number of hydrogen-bond donors (Lipinski definition) is 2. The van der Waals surface area contributed by atoms with E-state index in [1.165, 1.54) is 0 Å². The molecule has 8 heteroatoms. The maximum absolute atomic E-state index is 12.2. The van der Waals surface area contributed by atoms with Gasteiger partial charge < -0.3 is 9.90 Å². The standard InChI is InChI=1S/C26H33N5O3/c1-4-8-20(17-32)16-31(24(26(33)34)18(3)5-2)15-19-11-13-21(14-12-19)22-9-6-7-10-23(22)25-27-29-30-28-25/h6-7,9-14,17-18,20,24H,4-5,8,15-16H2,1-3H3,(H,33,34)(H,27,28,29,30)/t18-,20?,24-/m0/s1. The van der Waals surface area contributed by atoms with E-state index >= 15 is 0 Å².